The van der Waals surface area contributed by atoms with Gasteiger partial charge < -0.3 is 4.90 Å². The molecule has 1 atom stereocenters. The van der Waals surface area contributed by atoms with Gasteiger partial charge in [-0.15, -0.1) is 0 Å². The molecule has 2 saturated heterocycles. The van der Waals surface area contributed by atoms with Crippen LogP contribution in [0.2, 0.25) is 0 Å². The Hall–Kier alpha value is -1.60. The third kappa shape index (κ3) is 3.03. The highest BCUT2D eigenvalue weighted by atomic mass is 19.1. The number of nitriles is 1. The van der Waals surface area contributed by atoms with Gasteiger partial charge in [-0.3, -0.25) is 4.90 Å². The summed E-state index contributed by atoms with van der Waals surface area (Å²) in [6.07, 6.45) is 3.09. The standard InChI is InChI=1S/C17H22FN3/c1-17(13-19)7-10-20(11-8-17)16-6-9-21(12-16)15-4-2-14(18)3-5-15/h2-5,16H,6-12H2,1H3/t16-/m0/s1. The molecule has 0 radical (unpaired) electrons. The lowest BCUT2D eigenvalue weighted by atomic mass is 9.81. The van der Waals surface area contributed by atoms with Gasteiger partial charge in [-0.25, -0.2) is 4.39 Å². The molecule has 1 aromatic carbocycles. The molecule has 1 aromatic rings. The number of nitrogens with zero attached hydrogens (tertiary/aromatic N) is 3. The molecule has 0 amide bonds. The minimum Gasteiger partial charge on any atom is -0.370 e. The molecule has 0 bridgehead atoms. The summed E-state index contributed by atoms with van der Waals surface area (Å²) in [4.78, 5) is 4.87. The smallest absolute Gasteiger partial charge is 0.123 e. The summed E-state index contributed by atoms with van der Waals surface area (Å²) >= 11 is 0. The van der Waals surface area contributed by atoms with E-state index in [4.69, 9.17) is 0 Å². The molecule has 0 aliphatic carbocycles. The molecule has 0 N–H and O–H groups in total. The zero-order chi connectivity index (χ0) is 14.9. The third-order valence-electron chi connectivity index (χ3n) is 5.04. The monoisotopic (exact) mass is 287 g/mol. The summed E-state index contributed by atoms with van der Waals surface area (Å²) in [5.41, 5.74) is 0.976. The first-order valence-electron chi connectivity index (χ1n) is 7.75. The molecule has 112 valence electrons. The van der Waals surface area contributed by atoms with Crippen LogP contribution in [0.1, 0.15) is 26.2 Å². The molecule has 0 aromatic heterocycles. The van der Waals surface area contributed by atoms with Crippen molar-refractivity contribution in [2.24, 2.45) is 5.41 Å². The van der Waals surface area contributed by atoms with Crippen LogP contribution in [-0.2, 0) is 0 Å². The van der Waals surface area contributed by atoms with Crippen LogP contribution in [0.25, 0.3) is 0 Å². The van der Waals surface area contributed by atoms with Crippen LogP contribution in [-0.4, -0.2) is 37.1 Å². The average Bonchev–Trinajstić information content (AvgIpc) is 2.98. The first-order chi connectivity index (χ1) is 10.1. The van der Waals surface area contributed by atoms with E-state index in [-0.39, 0.29) is 11.2 Å². The molecule has 2 heterocycles. The molecule has 2 aliphatic heterocycles. The fourth-order valence-electron chi connectivity index (χ4n) is 3.42. The first-order valence-corrected chi connectivity index (χ1v) is 7.75. The van der Waals surface area contributed by atoms with E-state index >= 15 is 0 Å². The fourth-order valence-corrected chi connectivity index (χ4v) is 3.42. The predicted octanol–water partition coefficient (Wildman–Crippen LogP) is 3.03. The number of hydrogen-bond acceptors (Lipinski definition) is 3. The summed E-state index contributed by atoms with van der Waals surface area (Å²) in [6, 6.07) is 9.81. The second-order valence-corrected chi connectivity index (χ2v) is 6.57. The minimum atomic E-state index is -0.179. The molecule has 21 heavy (non-hydrogen) atoms. The van der Waals surface area contributed by atoms with Crippen LogP contribution in [0, 0.1) is 22.6 Å². The summed E-state index contributed by atoms with van der Waals surface area (Å²) in [5, 5.41) is 9.21. The highest BCUT2D eigenvalue weighted by Gasteiger charge is 2.35. The molecule has 2 aliphatic rings. The number of likely N-dealkylation sites (tertiary alicyclic amines) is 1. The molecule has 0 unspecified atom stereocenters. The second kappa shape index (κ2) is 5.65. The lowest BCUT2D eigenvalue weighted by molar-refractivity contribution is 0.120. The summed E-state index contributed by atoms with van der Waals surface area (Å²) < 4.78 is 13.0. The highest BCUT2D eigenvalue weighted by Crippen LogP contribution is 2.32. The zero-order valence-corrected chi connectivity index (χ0v) is 12.6. The van der Waals surface area contributed by atoms with Crippen molar-refractivity contribution in [1.29, 1.82) is 5.26 Å². The van der Waals surface area contributed by atoms with Crippen molar-refractivity contribution in [3.63, 3.8) is 0 Å². The SMILES string of the molecule is CC1(C#N)CCN([C@H]2CCN(c3ccc(F)cc3)C2)CC1. The van der Waals surface area contributed by atoms with E-state index in [1.807, 2.05) is 12.1 Å². The van der Waals surface area contributed by atoms with Gasteiger partial charge in [0.05, 0.1) is 11.5 Å². The molecular weight excluding hydrogens is 265 g/mol. The second-order valence-electron chi connectivity index (χ2n) is 6.57. The van der Waals surface area contributed by atoms with Crippen molar-refractivity contribution in [3.05, 3.63) is 30.1 Å². The predicted molar refractivity (Wildman–Crippen MR) is 81.5 cm³/mol. The van der Waals surface area contributed by atoms with E-state index in [1.54, 1.807) is 0 Å². The normalized spacial score (nSPS) is 25.8. The van der Waals surface area contributed by atoms with Gasteiger partial charge in [0, 0.05) is 37.9 Å². The van der Waals surface area contributed by atoms with Gasteiger partial charge in [-0.05, 0) is 50.5 Å². The molecule has 0 spiro atoms. The van der Waals surface area contributed by atoms with Crippen LogP contribution < -0.4 is 4.90 Å². The molecule has 0 saturated carbocycles. The Balaban J connectivity index is 1.58. The number of rotatable bonds is 2. The van der Waals surface area contributed by atoms with E-state index < -0.39 is 0 Å². The summed E-state index contributed by atoms with van der Waals surface area (Å²) in [7, 11) is 0. The van der Waals surface area contributed by atoms with Gasteiger partial charge in [0.25, 0.3) is 0 Å². The largest absolute Gasteiger partial charge is 0.370 e. The van der Waals surface area contributed by atoms with Crippen LogP contribution >= 0.6 is 0 Å². The van der Waals surface area contributed by atoms with Gasteiger partial charge in [0.15, 0.2) is 0 Å². The van der Waals surface area contributed by atoms with E-state index in [1.165, 1.54) is 12.1 Å². The van der Waals surface area contributed by atoms with Crippen LogP contribution in [0.15, 0.2) is 24.3 Å². The Morgan fingerprint density at radius 2 is 1.86 bits per heavy atom. The van der Waals surface area contributed by atoms with Crippen LogP contribution in [0.3, 0.4) is 0 Å². The number of benzene rings is 1. The Bertz CT molecular complexity index is 526. The average molecular weight is 287 g/mol. The Morgan fingerprint density at radius 1 is 1.19 bits per heavy atom. The van der Waals surface area contributed by atoms with E-state index in [2.05, 4.69) is 22.8 Å². The third-order valence-corrected chi connectivity index (χ3v) is 5.04. The maximum absolute atomic E-state index is 13.0. The maximum atomic E-state index is 13.0. The van der Waals surface area contributed by atoms with Crippen molar-refractivity contribution < 1.29 is 4.39 Å². The lowest BCUT2D eigenvalue weighted by Crippen LogP contribution is -2.45. The summed E-state index contributed by atoms with van der Waals surface area (Å²) in [5.74, 6) is -0.179. The molecule has 2 fully saturated rings. The van der Waals surface area contributed by atoms with Crippen LogP contribution in [0.5, 0.6) is 0 Å². The van der Waals surface area contributed by atoms with Crippen molar-refractivity contribution >= 4 is 5.69 Å². The van der Waals surface area contributed by atoms with Gasteiger partial charge in [0.1, 0.15) is 5.82 Å². The molecule has 4 heteroatoms. The van der Waals surface area contributed by atoms with Crippen molar-refractivity contribution in [2.45, 2.75) is 32.2 Å². The fraction of sp³-hybridized carbons (Fsp3) is 0.588. The highest BCUT2D eigenvalue weighted by molar-refractivity contribution is 5.47. The number of anilines is 1. The van der Waals surface area contributed by atoms with Gasteiger partial charge in [-0.2, -0.15) is 5.26 Å². The van der Waals surface area contributed by atoms with Gasteiger partial charge >= 0.3 is 0 Å². The van der Waals surface area contributed by atoms with Gasteiger partial charge in [-0.1, -0.05) is 0 Å². The molecule has 3 rings (SSSR count). The van der Waals surface area contributed by atoms with Crippen molar-refractivity contribution in [1.82, 2.24) is 4.90 Å². The van der Waals surface area contributed by atoms with Gasteiger partial charge in [0.2, 0.25) is 0 Å². The number of halogens is 1. The first kappa shape index (κ1) is 14.3. The zero-order valence-electron chi connectivity index (χ0n) is 12.6. The minimum absolute atomic E-state index is 0.133. The molecular formula is C17H22FN3. The molecule has 3 nitrogen and oxygen atoms in total. The van der Waals surface area contributed by atoms with E-state index in [0.717, 1.165) is 51.1 Å². The van der Waals surface area contributed by atoms with E-state index in [9.17, 15) is 9.65 Å². The maximum Gasteiger partial charge on any atom is 0.123 e. The number of piperidine rings is 1. The van der Waals surface area contributed by atoms with Crippen LogP contribution in [0.4, 0.5) is 10.1 Å². The Labute approximate surface area is 126 Å². The number of hydrogen-bond donors (Lipinski definition) is 0. The van der Waals surface area contributed by atoms with Crippen molar-refractivity contribution in [2.75, 3.05) is 31.1 Å². The lowest BCUT2D eigenvalue weighted by Gasteiger charge is -2.38. The topological polar surface area (TPSA) is 30.3 Å². The van der Waals surface area contributed by atoms with Crippen molar-refractivity contribution in [3.8, 4) is 6.07 Å². The summed E-state index contributed by atoms with van der Waals surface area (Å²) in [6.45, 7) is 6.15. The quantitative estimate of drug-likeness (QED) is 0.837. The Kier molecular flexibility index (Phi) is 3.86. The van der Waals surface area contributed by atoms with E-state index in [0.29, 0.717) is 6.04 Å². The Morgan fingerprint density at radius 3 is 2.48 bits per heavy atom.